The molecule has 2 heterocycles. The topological polar surface area (TPSA) is 71.2 Å². The molecule has 0 saturated carbocycles. The van der Waals surface area contributed by atoms with E-state index in [4.69, 9.17) is 11.6 Å². The summed E-state index contributed by atoms with van der Waals surface area (Å²) in [6.07, 6.45) is 0. The molecule has 1 unspecified atom stereocenters. The lowest BCUT2D eigenvalue weighted by Crippen LogP contribution is -2.27. The molecule has 2 aromatic heterocycles. The van der Waals surface area contributed by atoms with Gasteiger partial charge < -0.3 is 10.2 Å². The molecule has 0 aliphatic carbocycles. The van der Waals surface area contributed by atoms with Crippen LogP contribution in [0.1, 0.15) is 11.6 Å². The molecule has 1 N–H and O–H groups in total. The first-order chi connectivity index (χ1) is 10.6. The van der Waals surface area contributed by atoms with E-state index in [9.17, 15) is 0 Å². The van der Waals surface area contributed by atoms with E-state index < -0.39 is 0 Å². The molecule has 1 atom stereocenters. The van der Waals surface area contributed by atoms with Gasteiger partial charge in [0.2, 0.25) is 0 Å². The molecule has 7 nitrogen and oxygen atoms in total. The number of rotatable bonds is 5. The highest BCUT2D eigenvalue weighted by atomic mass is 35.5. The minimum Gasteiger partial charge on any atom is -0.367 e. The molecular formula is C14H16ClN7. The van der Waals surface area contributed by atoms with E-state index in [2.05, 4.69) is 30.8 Å². The molecule has 3 aromatic rings. The number of aromatic nitrogens is 5. The molecule has 114 valence electrons. The number of halogens is 1. The zero-order valence-corrected chi connectivity index (χ0v) is 13.1. The molecule has 0 fully saturated rings. The number of benzene rings is 1. The highest BCUT2D eigenvalue weighted by Crippen LogP contribution is 2.21. The van der Waals surface area contributed by atoms with E-state index in [0.29, 0.717) is 12.2 Å². The van der Waals surface area contributed by atoms with Crippen LogP contribution in [0, 0.1) is 0 Å². The lowest BCUT2D eigenvalue weighted by atomic mass is 10.1. The molecular weight excluding hydrogens is 302 g/mol. The Morgan fingerprint density at radius 2 is 1.95 bits per heavy atom. The van der Waals surface area contributed by atoms with Crippen molar-refractivity contribution in [2.24, 2.45) is 0 Å². The summed E-state index contributed by atoms with van der Waals surface area (Å²) in [5, 5.41) is 19.6. The van der Waals surface area contributed by atoms with Crippen molar-refractivity contribution in [2.45, 2.75) is 6.04 Å². The Kier molecular flexibility index (Phi) is 4.17. The third kappa shape index (κ3) is 3.15. The smallest absolute Gasteiger partial charge is 0.200 e. The van der Waals surface area contributed by atoms with Gasteiger partial charge >= 0.3 is 0 Å². The van der Waals surface area contributed by atoms with Gasteiger partial charge in [0.15, 0.2) is 5.65 Å². The fraction of sp³-hybridized carbons (Fsp3) is 0.286. The fourth-order valence-electron chi connectivity index (χ4n) is 2.23. The van der Waals surface area contributed by atoms with Crippen LogP contribution in [-0.2, 0) is 0 Å². The summed E-state index contributed by atoms with van der Waals surface area (Å²) in [5.41, 5.74) is 1.80. The summed E-state index contributed by atoms with van der Waals surface area (Å²) >= 11 is 5.95. The van der Waals surface area contributed by atoms with E-state index >= 15 is 0 Å². The second-order valence-electron chi connectivity index (χ2n) is 5.16. The van der Waals surface area contributed by atoms with Crippen LogP contribution in [0.4, 0.5) is 5.82 Å². The first-order valence-electron chi connectivity index (χ1n) is 6.84. The van der Waals surface area contributed by atoms with Crippen molar-refractivity contribution >= 4 is 23.1 Å². The molecule has 0 amide bonds. The maximum absolute atomic E-state index is 5.95. The summed E-state index contributed by atoms with van der Waals surface area (Å²) in [4.78, 5) is 2.14. The Morgan fingerprint density at radius 3 is 2.68 bits per heavy atom. The maximum atomic E-state index is 5.95. The van der Waals surface area contributed by atoms with Crippen LogP contribution in [-0.4, -0.2) is 50.8 Å². The largest absolute Gasteiger partial charge is 0.367 e. The van der Waals surface area contributed by atoms with Crippen molar-refractivity contribution in [3.05, 3.63) is 47.0 Å². The molecule has 0 saturated heterocycles. The third-order valence-corrected chi connectivity index (χ3v) is 3.68. The van der Waals surface area contributed by atoms with Crippen LogP contribution in [0.2, 0.25) is 5.02 Å². The normalized spacial score (nSPS) is 12.7. The lowest BCUT2D eigenvalue weighted by molar-refractivity contribution is 0.311. The predicted molar refractivity (Wildman–Crippen MR) is 84.9 cm³/mol. The fourth-order valence-corrected chi connectivity index (χ4v) is 2.35. The third-order valence-electron chi connectivity index (χ3n) is 3.42. The van der Waals surface area contributed by atoms with E-state index in [1.807, 2.05) is 50.5 Å². The molecule has 0 radical (unpaired) electrons. The summed E-state index contributed by atoms with van der Waals surface area (Å²) in [5.74, 6) is 0.723. The quantitative estimate of drug-likeness (QED) is 0.775. The minimum atomic E-state index is 0.198. The van der Waals surface area contributed by atoms with Gasteiger partial charge in [-0.15, -0.1) is 14.8 Å². The van der Waals surface area contributed by atoms with Crippen LogP contribution in [0.15, 0.2) is 36.4 Å². The first kappa shape index (κ1) is 14.7. The second kappa shape index (κ2) is 6.25. The van der Waals surface area contributed by atoms with Gasteiger partial charge in [-0.2, -0.15) is 0 Å². The summed E-state index contributed by atoms with van der Waals surface area (Å²) in [6, 6.07) is 11.8. The van der Waals surface area contributed by atoms with Crippen LogP contribution in [0.25, 0.3) is 5.65 Å². The monoisotopic (exact) mass is 317 g/mol. The maximum Gasteiger partial charge on any atom is 0.200 e. The average molecular weight is 318 g/mol. The van der Waals surface area contributed by atoms with E-state index in [1.165, 1.54) is 10.2 Å². The van der Waals surface area contributed by atoms with Crippen molar-refractivity contribution in [1.82, 2.24) is 30.2 Å². The molecule has 8 heteroatoms. The van der Waals surface area contributed by atoms with E-state index in [-0.39, 0.29) is 6.04 Å². The van der Waals surface area contributed by atoms with E-state index in [1.54, 1.807) is 0 Å². The van der Waals surface area contributed by atoms with Gasteiger partial charge in [-0.25, -0.2) is 0 Å². The molecule has 0 aliphatic heterocycles. The van der Waals surface area contributed by atoms with E-state index in [0.717, 1.165) is 10.8 Å². The number of hydrogen-bond acceptors (Lipinski definition) is 6. The predicted octanol–water partition coefficient (Wildman–Crippen LogP) is 1.89. The van der Waals surface area contributed by atoms with Gasteiger partial charge in [0, 0.05) is 11.6 Å². The van der Waals surface area contributed by atoms with Crippen LogP contribution < -0.4 is 5.32 Å². The number of anilines is 1. The Hall–Kier alpha value is -2.25. The van der Waals surface area contributed by atoms with Crippen molar-refractivity contribution in [2.75, 3.05) is 26.0 Å². The standard InChI is InChI=1S/C14H16ClN7/c1-21(2)12(10-3-5-11(15)6-4-10)9-16-13-7-8-14-17-19-20-22(14)18-13/h3-8,12H,9H2,1-2H3,(H,16,18). The van der Waals surface area contributed by atoms with Crippen molar-refractivity contribution in [3.63, 3.8) is 0 Å². The van der Waals surface area contributed by atoms with Gasteiger partial charge in [-0.3, -0.25) is 0 Å². The molecule has 1 aromatic carbocycles. The highest BCUT2D eigenvalue weighted by molar-refractivity contribution is 6.30. The Balaban J connectivity index is 1.75. The van der Waals surface area contributed by atoms with Crippen molar-refractivity contribution < 1.29 is 0 Å². The van der Waals surface area contributed by atoms with Gasteiger partial charge in [0.25, 0.3) is 0 Å². The zero-order chi connectivity index (χ0) is 15.5. The minimum absolute atomic E-state index is 0.198. The number of nitrogens with one attached hydrogen (secondary N) is 1. The number of nitrogens with zero attached hydrogens (tertiary/aromatic N) is 6. The van der Waals surface area contributed by atoms with Crippen LogP contribution in [0.5, 0.6) is 0 Å². The molecule has 0 spiro atoms. The summed E-state index contributed by atoms with van der Waals surface area (Å²) in [7, 11) is 4.08. The van der Waals surface area contributed by atoms with Crippen molar-refractivity contribution in [3.8, 4) is 0 Å². The Morgan fingerprint density at radius 1 is 1.18 bits per heavy atom. The Labute approximate surface area is 132 Å². The highest BCUT2D eigenvalue weighted by Gasteiger charge is 2.14. The lowest BCUT2D eigenvalue weighted by Gasteiger charge is -2.25. The molecule has 3 rings (SSSR count). The summed E-state index contributed by atoms with van der Waals surface area (Å²) in [6.45, 7) is 0.704. The average Bonchev–Trinajstić information content (AvgIpc) is 2.96. The van der Waals surface area contributed by atoms with Crippen molar-refractivity contribution in [1.29, 1.82) is 0 Å². The van der Waals surface area contributed by atoms with Gasteiger partial charge in [-0.1, -0.05) is 23.7 Å². The van der Waals surface area contributed by atoms with Crippen LogP contribution >= 0.6 is 11.6 Å². The first-order valence-corrected chi connectivity index (χ1v) is 7.22. The number of likely N-dealkylation sites (N-methyl/N-ethyl adjacent to an activating group) is 1. The SMILES string of the molecule is CN(C)C(CNc1ccc2nnnn2n1)c1ccc(Cl)cc1. The van der Waals surface area contributed by atoms with Gasteiger partial charge in [0.05, 0.1) is 6.04 Å². The number of tetrazole rings is 1. The molecule has 22 heavy (non-hydrogen) atoms. The Bertz CT molecular complexity index is 753. The number of hydrogen-bond donors (Lipinski definition) is 1. The molecule has 0 aliphatic rings. The molecule has 0 bridgehead atoms. The summed E-state index contributed by atoms with van der Waals surface area (Å²) < 4.78 is 1.40. The van der Waals surface area contributed by atoms with Gasteiger partial charge in [0.1, 0.15) is 5.82 Å². The second-order valence-corrected chi connectivity index (χ2v) is 5.59. The van der Waals surface area contributed by atoms with Crippen LogP contribution in [0.3, 0.4) is 0 Å². The van der Waals surface area contributed by atoms with Gasteiger partial charge in [-0.05, 0) is 54.4 Å². The number of fused-ring (bicyclic) bond motifs is 1. The zero-order valence-electron chi connectivity index (χ0n) is 12.3.